The maximum Gasteiger partial charge on any atom is 0.322 e. The number of carbonyl (C=O) groups is 1. The lowest BCUT2D eigenvalue weighted by molar-refractivity contribution is 0.181. The molecular weight excluding hydrogens is 434 g/mol. The number of urea groups is 1. The standard InChI is InChI=1S/C20H19Cl2FN4O3/c1-11(18-14-5-3-12(21)9-15(14)19(29)26-25-18)27(7-2-8-28)20(30)24-13-4-6-17(23)16(22)10-13/h3-6,9-11,28H,2,7-8H2,1H3,(H,24,30)(H,26,29). The SMILES string of the molecule is CC(c1n[nH]c(=O)c2cc(Cl)ccc12)N(CCCO)C(=O)Nc1ccc(F)c(Cl)c1. The molecule has 30 heavy (non-hydrogen) atoms. The Morgan fingerprint density at radius 3 is 2.73 bits per heavy atom. The van der Waals surface area contributed by atoms with Crippen LogP contribution in [0.15, 0.2) is 41.2 Å². The van der Waals surface area contributed by atoms with Gasteiger partial charge in [0.1, 0.15) is 5.82 Å². The monoisotopic (exact) mass is 452 g/mol. The second kappa shape index (κ2) is 9.42. The first kappa shape index (κ1) is 22.0. The van der Waals surface area contributed by atoms with Gasteiger partial charge < -0.3 is 15.3 Å². The molecule has 0 radical (unpaired) electrons. The maximum absolute atomic E-state index is 13.4. The molecule has 0 fully saturated rings. The zero-order valence-electron chi connectivity index (χ0n) is 16.0. The van der Waals surface area contributed by atoms with E-state index in [9.17, 15) is 19.1 Å². The summed E-state index contributed by atoms with van der Waals surface area (Å²) in [4.78, 5) is 26.6. The summed E-state index contributed by atoms with van der Waals surface area (Å²) in [6.07, 6.45) is 0.328. The van der Waals surface area contributed by atoms with Crippen LogP contribution in [-0.4, -0.2) is 39.4 Å². The van der Waals surface area contributed by atoms with E-state index in [0.29, 0.717) is 33.6 Å². The number of aromatic nitrogens is 2. The van der Waals surface area contributed by atoms with Crippen molar-refractivity contribution in [1.29, 1.82) is 0 Å². The Hall–Kier alpha value is -2.68. The number of nitrogens with zero attached hydrogens (tertiary/aromatic N) is 2. The van der Waals surface area contributed by atoms with Gasteiger partial charge in [0.25, 0.3) is 5.56 Å². The molecule has 0 aliphatic heterocycles. The van der Waals surface area contributed by atoms with E-state index in [1.807, 2.05) is 0 Å². The highest BCUT2D eigenvalue weighted by atomic mass is 35.5. The number of halogens is 3. The number of aliphatic hydroxyl groups excluding tert-OH is 1. The number of hydrogen-bond donors (Lipinski definition) is 3. The van der Waals surface area contributed by atoms with Crippen molar-refractivity contribution in [2.24, 2.45) is 0 Å². The molecule has 2 amide bonds. The lowest BCUT2D eigenvalue weighted by atomic mass is 10.1. The minimum absolute atomic E-state index is 0.117. The van der Waals surface area contributed by atoms with Gasteiger partial charge in [-0.2, -0.15) is 5.10 Å². The molecule has 1 aromatic heterocycles. The van der Waals surface area contributed by atoms with E-state index in [-0.39, 0.29) is 18.2 Å². The summed E-state index contributed by atoms with van der Waals surface area (Å²) in [6, 6.07) is 7.64. The average Bonchev–Trinajstić information content (AvgIpc) is 2.71. The van der Waals surface area contributed by atoms with Crippen LogP contribution >= 0.6 is 23.2 Å². The van der Waals surface area contributed by atoms with Crippen molar-refractivity contribution in [3.05, 3.63) is 68.3 Å². The third-order valence-corrected chi connectivity index (χ3v) is 5.16. The number of H-pyrrole nitrogens is 1. The summed E-state index contributed by atoms with van der Waals surface area (Å²) in [5.41, 5.74) is 0.390. The molecule has 0 saturated carbocycles. The molecule has 0 bridgehead atoms. The fraction of sp³-hybridized carbons (Fsp3) is 0.250. The second-order valence-corrected chi connectivity index (χ2v) is 7.48. The molecule has 1 unspecified atom stereocenters. The summed E-state index contributed by atoms with van der Waals surface area (Å²) in [6.45, 7) is 1.85. The molecule has 1 heterocycles. The predicted octanol–water partition coefficient (Wildman–Crippen LogP) is 4.35. The van der Waals surface area contributed by atoms with Crippen molar-refractivity contribution in [2.45, 2.75) is 19.4 Å². The van der Waals surface area contributed by atoms with Crippen molar-refractivity contribution in [3.8, 4) is 0 Å². The first-order valence-corrected chi connectivity index (χ1v) is 9.88. The molecule has 158 valence electrons. The second-order valence-electron chi connectivity index (χ2n) is 6.63. The normalized spacial score (nSPS) is 12.0. The third kappa shape index (κ3) is 4.72. The summed E-state index contributed by atoms with van der Waals surface area (Å²) < 4.78 is 13.4. The Balaban J connectivity index is 1.96. The molecule has 2 aromatic carbocycles. The smallest absolute Gasteiger partial charge is 0.322 e. The van der Waals surface area contributed by atoms with Gasteiger partial charge in [-0.3, -0.25) is 4.79 Å². The van der Waals surface area contributed by atoms with Gasteiger partial charge >= 0.3 is 6.03 Å². The Morgan fingerprint density at radius 2 is 2.03 bits per heavy atom. The highest BCUT2D eigenvalue weighted by Crippen LogP contribution is 2.27. The molecule has 0 saturated heterocycles. The van der Waals surface area contributed by atoms with Gasteiger partial charge in [0, 0.05) is 29.2 Å². The van der Waals surface area contributed by atoms with Crippen molar-refractivity contribution in [1.82, 2.24) is 15.1 Å². The first-order valence-electron chi connectivity index (χ1n) is 9.13. The van der Waals surface area contributed by atoms with Crippen molar-refractivity contribution >= 4 is 45.7 Å². The number of hydrogen-bond acceptors (Lipinski definition) is 4. The lowest BCUT2D eigenvalue weighted by Gasteiger charge is -2.29. The lowest BCUT2D eigenvalue weighted by Crippen LogP contribution is -2.38. The van der Waals surface area contributed by atoms with Crippen LogP contribution in [0.1, 0.15) is 25.1 Å². The minimum atomic E-state index is -0.595. The van der Waals surface area contributed by atoms with Crippen LogP contribution < -0.4 is 10.9 Å². The summed E-state index contributed by atoms with van der Waals surface area (Å²) in [5.74, 6) is -0.595. The van der Waals surface area contributed by atoms with E-state index in [1.54, 1.807) is 19.1 Å². The van der Waals surface area contributed by atoms with Crippen LogP contribution in [0.4, 0.5) is 14.9 Å². The van der Waals surface area contributed by atoms with Crippen LogP contribution in [0.5, 0.6) is 0 Å². The minimum Gasteiger partial charge on any atom is -0.396 e. The Bertz CT molecular complexity index is 1140. The molecule has 3 aromatic rings. The van der Waals surface area contributed by atoms with Gasteiger partial charge in [0.15, 0.2) is 0 Å². The number of rotatable bonds is 6. The zero-order chi connectivity index (χ0) is 21.8. The van der Waals surface area contributed by atoms with E-state index < -0.39 is 23.4 Å². The van der Waals surface area contributed by atoms with Crippen LogP contribution in [0.2, 0.25) is 10.0 Å². The highest BCUT2D eigenvalue weighted by Gasteiger charge is 2.25. The number of amides is 2. The maximum atomic E-state index is 13.4. The molecular formula is C20H19Cl2FN4O3. The van der Waals surface area contributed by atoms with Gasteiger partial charge in [0.05, 0.1) is 22.1 Å². The average molecular weight is 453 g/mol. The number of nitrogens with one attached hydrogen (secondary N) is 2. The van der Waals surface area contributed by atoms with Gasteiger partial charge in [0.2, 0.25) is 0 Å². The molecule has 0 aliphatic rings. The molecule has 3 rings (SSSR count). The molecule has 7 nitrogen and oxygen atoms in total. The van der Waals surface area contributed by atoms with Gasteiger partial charge in [-0.15, -0.1) is 0 Å². The summed E-state index contributed by atoms with van der Waals surface area (Å²) in [7, 11) is 0. The Kier molecular flexibility index (Phi) is 6.91. The van der Waals surface area contributed by atoms with Crippen LogP contribution in [0, 0.1) is 5.82 Å². The molecule has 0 spiro atoms. The van der Waals surface area contributed by atoms with E-state index in [2.05, 4.69) is 15.5 Å². The highest BCUT2D eigenvalue weighted by molar-refractivity contribution is 6.31. The molecule has 1 atom stereocenters. The van der Waals surface area contributed by atoms with E-state index >= 15 is 0 Å². The molecule has 0 aliphatic carbocycles. The zero-order valence-corrected chi connectivity index (χ0v) is 17.5. The fourth-order valence-electron chi connectivity index (χ4n) is 3.11. The predicted molar refractivity (Wildman–Crippen MR) is 115 cm³/mol. The van der Waals surface area contributed by atoms with Crippen molar-refractivity contribution in [2.75, 3.05) is 18.5 Å². The van der Waals surface area contributed by atoms with Crippen molar-refractivity contribution < 1.29 is 14.3 Å². The van der Waals surface area contributed by atoms with Crippen molar-refractivity contribution in [3.63, 3.8) is 0 Å². The Morgan fingerprint density at radius 1 is 1.27 bits per heavy atom. The fourth-order valence-corrected chi connectivity index (χ4v) is 3.46. The number of anilines is 1. The summed E-state index contributed by atoms with van der Waals surface area (Å²) >= 11 is 11.8. The van der Waals surface area contributed by atoms with Gasteiger partial charge in [-0.05, 0) is 43.7 Å². The number of aliphatic hydroxyl groups is 1. The van der Waals surface area contributed by atoms with Crippen LogP contribution in [0.25, 0.3) is 10.8 Å². The Labute approximate surface area is 181 Å². The molecule has 3 N–H and O–H groups in total. The number of benzene rings is 2. The number of aromatic amines is 1. The molecule has 10 heteroatoms. The van der Waals surface area contributed by atoms with Crippen LogP contribution in [0.3, 0.4) is 0 Å². The van der Waals surface area contributed by atoms with E-state index in [4.69, 9.17) is 23.2 Å². The van der Waals surface area contributed by atoms with E-state index in [0.717, 1.165) is 6.07 Å². The van der Waals surface area contributed by atoms with Crippen LogP contribution in [-0.2, 0) is 0 Å². The first-order chi connectivity index (χ1) is 14.3. The van der Waals surface area contributed by atoms with Gasteiger partial charge in [-0.1, -0.05) is 29.3 Å². The topological polar surface area (TPSA) is 98.3 Å². The number of fused-ring (bicyclic) bond motifs is 1. The van der Waals surface area contributed by atoms with E-state index in [1.165, 1.54) is 23.1 Å². The quantitative estimate of drug-likeness (QED) is 0.517. The third-order valence-electron chi connectivity index (χ3n) is 4.63. The summed E-state index contributed by atoms with van der Waals surface area (Å²) in [5, 5.41) is 19.7. The van der Waals surface area contributed by atoms with Gasteiger partial charge in [-0.25, -0.2) is 14.3 Å². The number of carbonyl (C=O) groups excluding carboxylic acids is 1. The largest absolute Gasteiger partial charge is 0.396 e.